The summed E-state index contributed by atoms with van der Waals surface area (Å²) in [6, 6.07) is 13.9. The predicted molar refractivity (Wildman–Crippen MR) is 106 cm³/mol. The number of carbonyl (C=O) groups excluding carboxylic acids is 2. The third kappa shape index (κ3) is 4.92. The van der Waals surface area contributed by atoms with Crippen LogP contribution in [0.3, 0.4) is 0 Å². The van der Waals surface area contributed by atoms with E-state index in [0.29, 0.717) is 16.3 Å². The maximum Gasteiger partial charge on any atom is 0.270 e. The van der Waals surface area contributed by atoms with Gasteiger partial charge >= 0.3 is 0 Å². The van der Waals surface area contributed by atoms with Crippen molar-refractivity contribution in [1.29, 1.82) is 0 Å². The molecule has 0 radical (unpaired) electrons. The first-order valence-corrected chi connectivity index (χ1v) is 8.86. The first-order chi connectivity index (χ1) is 13.4. The SMILES string of the molecule is Cc1cc(Cl)ccc1NC(=O)c1ccnc(C(=O)NCc2ccc(F)cc2)c1. The second-order valence-corrected chi connectivity index (χ2v) is 6.59. The average Bonchev–Trinajstić information content (AvgIpc) is 2.69. The third-order valence-electron chi connectivity index (χ3n) is 4.06. The summed E-state index contributed by atoms with van der Waals surface area (Å²) in [5, 5.41) is 6.07. The van der Waals surface area contributed by atoms with E-state index in [0.717, 1.165) is 11.1 Å². The number of aromatic nitrogens is 1. The normalized spacial score (nSPS) is 10.4. The number of nitrogens with zero attached hydrogens (tertiary/aromatic N) is 1. The van der Waals surface area contributed by atoms with Gasteiger partial charge in [0.15, 0.2) is 0 Å². The minimum absolute atomic E-state index is 0.114. The topological polar surface area (TPSA) is 71.1 Å². The Kier molecular flexibility index (Phi) is 6.01. The van der Waals surface area contributed by atoms with Gasteiger partial charge in [0.05, 0.1) is 0 Å². The molecule has 5 nitrogen and oxygen atoms in total. The number of aryl methyl sites for hydroxylation is 1. The van der Waals surface area contributed by atoms with Crippen LogP contribution in [0.25, 0.3) is 0 Å². The van der Waals surface area contributed by atoms with Crippen LogP contribution in [0.4, 0.5) is 10.1 Å². The largest absolute Gasteiger partial charge is 0.347 e. The van der Waals surface area contributed by atoms with Crippen molar-refractivity contribution in [3.05, 3.63) is 94.0 Å². The molecule has 0 atom stereocenters. The van der Waals surface area contributed by atoms with Crippen LogP contribution >= 0.6 is 11.6 Å². The Morgan fingerprint density at radius 1 is 1.04 bits per heavy atom. The van der Waals surface area contributed by atoms with Crippen LogP contribution in [0.1, 0.15) is 32.0 Å². The summed E-state index contributed by atoms with van der Waals surface area (Å²) in [6.07, 6.45) is 1.40. The molecule has 0 aliphatic rings. The summed E-state index contributed by atoms with van der Waals surface area (Å²) in [5.41, 5.74) is 2.63. The minimum atomic E-state index is -0.429. The van der Waals surface area contributed by atoms with Crippen LogP contribution in [0, 0.1) is 12.7 Å². The van der Waals surface area contributed by atoms with Crippen LogP contribution < -0.4 is 10.6 Å². The third-order valence-corrected chi connectivity index (χ3v) is 4.29. The number of amides is 2. The molecule has 7 heteroatoms. The Balaban J connectivity index is 1.67. The lowest BCUT2D eigenvalue weighted by molar-refractivity contribution is 0.0946. The van der Waals surface area contributed by atoms with Gasteiger partial charge in [-0.2, -0.15) is 0 Å². The first kappa shape index (κ1) is 19.5. The number of benzene rings is 2. The molecule has 2 amide bonds. The van der Waals surface area contributed by atoms with Gasteiger partial charge in [-0.05, 0) is 60.5 Å². The lowest BCUT2D eigenvalue weighted by Gasteiger charge is -2.10. The molecule has 142 valence electrons. The number of nitrogens with one attached hydrogen (secondary N) is 2. The lowest BCUT2D eigenvalue weighted by atomic mass is 10.1. The molecule has 2 aromatic carbocycles. The van der Waals surface area contributed by atoms with E-state index in [-0.39, 0.29) is 24.0 Å². The zero-order valence-corrected chi connectivity index (χ0v) is 15.8. The first-order valence-electron chi connectivity index (χ1n) is 8.48. The summed E-state index contributed by atoms with van der Waals surface area (Å²) in [7, 11) is 0. The molecular weight excluding hydrogens is 381 g/mol. The van der Waals surface area contributed by atoms with Crippen LogP contribution in [0.2, 0.25) is 5.02 Å². The summed E-state index contributed by atoms with van der Waals surface area (Å²) >= 11 is 5.92. The van der Waals surface area contributed by atoms with Gasteiger partial charge in [-0.1, -0.05) is 23.7 Å². The van der Waals surface area contributed by atoms with Crippen molar-refractivity contribution in [2.45, 2.75) is 13.5 Å². The van der Waals surface area contributed by atoms with E-state index < -0.39 is 5.91 Å². The number of hydrogen-bond donors (Lipinski definition) is 2. The number of rotatable bonds is 5. The Morgan fingerprint density at radius 3 is 2.50 bits per heavy atom. The van der Waals surface area contributed by atoms with Crippen LogP contribution in [0.15, 0.2) is 60.8 Å². The highest BCUT2D eigenvalue weighted by atomic mass is 35.5. The van der Waals surface area contributed by atoms with Crippen molar-refractivity contribution < 1.29 is 14.0 Å². The monoisotopic (exact) mass is 397 g/mol. The van der Waals surface area contributed by atoms with Crippen molar-refractivity contribution in [3.63, 3.8) is 0 Å². The summed E-state index contributed by atoms with van der Waals surface area (Å²) < 4.78 is 12.9. The van der Waals surface area contributed by atoms with Gasteiger partial charge in [0.1, 0.15) is 11.5 Å². The molecule has 3 aromatic rings. The van der Waals surface area contributed by atoms with E-state index in [9.17, 15) is 14.0 Å². The number of carbonyl (C=O) groups is 2. The van der Waals surface area contributed by atoms with Gasteiger partial charge < -0.3 is 10.6 Å². The summed E-state index contributed by atoms with van der Waals surface area (Å²) in [6.45, 7) is 2.06. The van der Waals surface area contributed by atoms with Crippen molar-refractivity contribution in [2.75, 3.05) is 5.32 Å². The van der Waals surface area contributed by atoms with Crippen LogP contribution in [0.5, 0.6) is 0 Å². The average molecular weight is 398 g/mol. The quantitative estimate of drug-likeness (QED) is 0.671. The fraction of sp³-hybridized carbons (Fsp3) is 0.0952. The Labute approximate surface area is 166 Å². The van der Waals surface area contributed by atoms with E-state index in [1.165, 1.54) is 30.5 Å². The molecule has 1 aromatic heterocycles. The van der Waals surface area contributed by atoms with E-state index in [2.05, 4.69) is 15.6 Å². The summed E-state index contributed by atoms with van der Waals surface area (Å²) in [5.74, 6) is -1.13. The smallest absolute Gasteiger partial charge is 0.270 e. The highest BCUT2D eigenvalue weighted by Gasteiger charge is 2.13. The van der Waals surface area contributed by atoms with Crippen LogP contribution in [-0.2, 0) is 6.54 Å². The molecule has 0 bridgehead atoms. The zero-order valence-electron chi connectivity index (χ0n) is 15.0. The minimum Gasteiger partial charge on any atom is -0.347 e. The Morgan fingerprint density at radius 2 is 1.79 bits per heavy atom. The molecular formula is C21H17ClFN3O2. The molecule has 0 fully saturated rings. The maximum atomic E-state index is 12.9. The molecule has 2 N–H and O–H groups in total. The highest BCUT2D eigenvalue weighted by molar-refractivity contribution is 6.30. The molecule has 3 rings (SSSR count). The summed E-state index contributed by atoms with van der Waals surface area (Å²) in [4.78, 5) is 28.8. The molecule has 0 saturated heterocycles. The van der Waals surface area contributed by atoms with E-state index in [4.69, 9.17) is 11.6 Å². The number of anilines is 1. The number of hydrogen-bond acceptors (Lipinski definition) is 3. The molecule has 28 heavy (non-hydrogen) atoms. The van der Waals surface area contributed by atoms with Crippen LogP contribution in [-0.4, -0.2) is 16.8 Å². The Hall–Kier alpha value is -3.25. The fourth-order valence-corrected chi connectivity index (χ4v) is 2.76. The van der Waals surface area contributed by atoms with Crippen molar-refractivity contribution in [2.24, 2.45) is 0 Å². The maximum absolute atomic E-state index is 12.9. The molecule has 0 unspecified atom stereocenters. The van der Waals surface area contributed by atoms with Crippen molar-refractivity contribution in [1.82, 2.24) is 10.3 Å². The van der Waals surface area contributed by atoms with Gasteiger partial charge in [0, 0.05) is 29.0 Å². The standard InChI is InChI=1S/C21H17ClFN3O2/c1-13-10-16(22)4-7-18(13)26-20(27)15-8-9-24-19(11-15)21(28)25-12-14-2-5-17(23)6-3-14/h2-11H,12H2,1H3,(H,25,28)(H,26,27). The number of halogens is 2. The Bertz CT molecular complexity index is 1020. The van der Waals surface area contributed by atoms with Gasteiger partial charge in [-0.3, -0.25) is 14.6 Å². The van der Waals surface area contributed by atoms with Crippen molar-refractivity contribution >= 4 is 29.1 Å². The number of pyridine rings is 1. The van der Waals surface area contributed by atoms with E-state index in [1.54, 1.807) is 30.3 Å². The molecule has 0 saturated carbocycles. The van der Waals surface area contributed by atoms with E-state index in [1.807, 2.05) is 6.92 Å². The molecule has 0 spiro atoms. The predicted octanol–water partition coefficient (Wildman–Crippen LogP) is 4.36. The van der Waals surface area contributed by atoms with E-state index >= 15 is 0 Å². The molecule has 0 aliphatic heterocycles. The van der Waals surface area contributed by atoms with Gasteiger partial charge in [0.25, 0.3) is 11.8 Å². The molecule has 0 aliphatic carbocycles. The fourth-order valence-electron chi connectivity index (χ4n) is 2.53. The van der Waals surface area contributed by atoms with Gasteiger partial charge in [0.2, 0.25) is 0 Å². The van der Waals surface area contributed by atoms with Gasteiger partial charge in [-0.25, -0.2) is 4.39 Å². The zero-order chi connectivity index (χ0) is 20.1. The van der Waals surface area contributed by atoms with Gasteiger partial charge in [-0.15, -0.1) is 0 Å². The highest BCUT2D eigenvalue weighted by Crippen LogP contribution is 2.20. The second-order valence-electron chi connectivity index (χ2n) is 6.15. The van der Waals surface area contributed by atoms with Crippen molar-refractivity contribution in [3.8, 4) is 0 Å². The second kappa shape index (κ2) is 8.63. The lowest BCUT2D eigenvalue weighted by Crippen LogP contribution is -2.24. The molecule has 1 heterocycles.